The minimum atomic E-state index is -3.17. The van der Waals surface area contributed by atoms with E-state index in [2.05, 4.69) is 4.98 Å². The normalized spacial score (nSPS) is 20.8. The van der Waals surface area contributed by atoms with Gasteiger partial charge in [0.25, 0.3) is 5.91 Å². The molecule has 1 aromatic rings. The van der Waals surface area contributed by atoms with E-state index in [-0.39, 0.29) is 30.2 Å². The van der Waals surface area contributed by atoms with Crippen LogP contribution in [0.4, 0.5) is 4.39 Å². The lowest BCUT2D eigenvalue weighted by molar-refractivity contribution is 0.0650. The highest BCUT2D eigenvalue weighted by molar-refractivity contribution is 7.91. The van der Waals surface area contributed by atoms with Crippen LogP contribution in [0, 0.1) is 5.82 Å². The maximum atomic E-state index is 13.6. The van der Waals surface area contributed by atoms with Gasteiger partial charge in [-0.2, -0.15) is 0 Å². The van der Waals surface area contributed by atoms with Gasteiger partial charge in [0.15, 0.2) is 15.7 Å². The standard InChI is InChI=1S/C12H15FN2O4S/c13-11-7-14-3-1-10(11)12(17)15(4-5-16)9-2-6-20(18,19)8-9/h1,3,7,9,16H,2,4-6,8H2. The summed E-state index contributed by atoms with van der Waals surface area (Å²) in [5, 5.41) is 9.04. The molecule has 1 unspecified atom stereocenters. The molecule has 1 saturated heterocycles. The second kappa shape index (κ2) is 5.84. The number of nitrogens with zero attached hydrogens (tertiary/aromatic N) is 2. The number of aromatic nitrogens is 1. The Kier molecular flexibility index (Phi) is 4.34. The van der Waals surface area contributed by atoms with Crippen molar-refractivity contribution in [3.8, 4) is 0 Å². The molecule has 1 aliphatic heterocycles. The summed E-state index contributed by atoms with van der Waals surface area (Å²) in [4.78, 5) is 17.1. The molecule has 0 spiro atoms. The second-order valence-electron chi connectivity index (χ2n) is 4.63. The molecule has 0 aromatic carbocycles. The van der Waals surface area contributed by atoms with E-state index in [1.807, 2.05) is 0 Å². The summed E-state index contributed by atoms with van der Waals surface area (Å²) >= 11 is 0. The van der Waals surface area contributed by atoms with E-state index >= 15 is 0 Å². The highest BCUT2D eigenvalue weighted by atomic mass is 32.2. The van der Waals surface area contributed by atoms with Gasteiger partial charge in [0.2, 0.25) is 0 Å². The summed E-state index contributed by atoms with van der Waals surface area (Å²) in [7, 11) is -3.17. The van der Waals surface area contributed by atoms with Crippen LogP contribution in [0.1, 0.15) is 16.8 Å². The van der Waals surface area contributed by atoms with Gasteiger partial charge >= 0.3 is 0 Å². The highest BCUT2D eigenvalue weighted by Crippen LogP contribution is 2.20. The van der Waals surface area contributed by atoms with Crippen molar-refractivity contribution in [2.75, 3.05) is 24.7 Å². The fraction of sp³-hybridized carbons (Fsp3) is 0.500. The number of amides is 1. The Balaban J connectivity index is 2.25. The lowest BCUT2D eigenvalue weighted by Crippen LogP contribution is -2.43. The molecule has 8 heteroatoms. The largest absolute Gasteiger partial charge is 0.395 e. The predicted molar refractivity (Wildman–Crippen MR) is 69.4 cm³/mol. The molecule has 20 heavy (non-hydrogen) atoms. The van der Waals surface area contributed by atoms with Crippen LogP contribution < -0.4 is 0 Å². The van der Waals surface area contributed by atoms with Gasteiger partial charge < -0.3 is 10.0 Å². The van der Waals surface area contributed by atoms with Crippen LogP contribution in [0.25, 0.3) is 0 Å². The van der Waals surface area contributed by atoms with E-state index < -0.39 is 27.6 Å². The predicted octanol–water partition coefficient (Wildman–Crippen LogP) is -0.158. The number of halogens is 1. The Morgan fingerprint density at radius 3 is 2.85 bits per heavy atom. The van der Waals surface area contributed by atoms with Crippen LogP contribution in [0.15, 0.2) is 18.5 Å². The second-order valence-corrected chi connectivity index (χ2v) is 6.86. The van der Waals surface area contributed by atoms with E-state index in [1.54, 1.807) is 0 Å². The van der Waals surface area contributed by atoms with Crippen LogP contribution in [0.2, 0.25) is 0 Å². The number of sulfone groups is 1. The molecule has 1 aromatic heterocycles. The zero-order valence-electron chi connectivity index (χ0n) is 10.7. The minimum Gasteiger partial charge on any atom is -0.395 e. The summed E-state index contributed by atoms with van der Waals surface area (Å²) in [6.07, 6.45) is 2.52. The summed E-state index contributed by atoms with van der Waals surface area (Å²) in [5.41, 5.74) is -0.169. The van der Waals surface area contributed by atoms with Crippen molar-refractivity contribution in [1.82, 2.24) is 9.88 Å². The zero-order valence-corrected chi connectivity index (χ0v) is 11.5. The Hall–Kier alpha value is -1.54. The molecule has 0 radical (unpaired) electrons. The molecule has 6 nitrogen and oxygen atoms in total. The Morgan fingerprint density at radius 2 is 2.30 bits per heavy atom. The van der Waals surface area contributed by atoms with Crippen molar-refractivity contribution in [3.05, 3.63) is 29.8 Å². The SMILES string of the molecule is O=C(c1ccncc1F)N(CCO)C1CCS(=O)(=O)C1. The van der Waals surface area contributed by atoms with Crippen molar-refractivity contribution in [2.45, 2.75) is 12.5 Å². The maximum Gasteiger partial charge on any atom is 0.257 e. The third kappa shape index (κ3) is 3.13. The molecule has 1 amide bonds. The van der Waals surface area contributed by atoms with E-state index in [0.717, 1.165) is 6.20 Å². The van der Waals surface area contributed by atoms with Crippen molar-refractivity contribution in [1.29, 1.82) is 0 Å². The molecule has 1 aliphatic rings. The van der Waals surface area contributed by atoms with Crippen molar-refractivity contribution in [2.24, 2.45) is 0 Å². The van der Waals surface area contributed by atoms with Gasteiger partial charge in [-0.05, 0) is 12.5 Å². The first-order valence-electron chi connectivity index (χ1n) is 6.16. The topological polar surface area (TPSA) is 87.6 Å². The molecule has 0 bridgehead atoms. The average molecular weight is 302 g/mol. The number of carbonyl (C=O) groups excluding carboxylic acids is 1. The van der Waals surface area contributed by atoms with Crippen LogP contribution in [-0.2, 0) is 9.84 Å². The Labute approximate surface area is 116 Å². The molecule has 1 atom stereocenters. The van der Waals surface area contributed by atoms with Gasteiger partial charge in [-0.1, -0.05) is 0 Å². The summed E-state index contributed by atoms with van der Waals surface area (Å²) in [6, 6.07) is 0.720. The molecule has 0 saturated carbocycles. The first kappa shape index (κ1) is 14.9. The molecule has 0 aliphatic carbocycles. The average Bonchev–Trinajstić information content (AvgIpc) is 2.76. The molecule has 2 heterocycles. The van der Waals surface area contributed by atoms with Gasteiger partial charge in [0.05, 0.1) is 29.9 Å². The first-order valence-corrected chi connectivity index (χ1v) is 7.98. The van der Waals surface area contributed by atoms with E-state index in [4.69, 9.17) is 5.11 Å². The first-order chi connectivity index (χ1) is 9.44. The molecule has 110 valence electrons. The zero-order chi connectivity index (χ0) is 14.8. The smallest absolute Gasteiger partial charge is 0.257 e. The van der Waals surface area contributed by atoms with Gasteiger partial charge in [0, 0.05) is 18.8 Å². The molecular weight excluding hydrogens is 287 g/mol. The van der Waals surface area contributed by atoms with Crippen molar-refractivity contribution in [3.63, 3.8) is 0 Å². The monoisotopic (exact) mass is 302 g/mol. The molecule has 1 fully saturated rings. The molecular formula is C12H15FN2O4S. The fourth-order valence-corrected chi connectivity index (χ4v) is 4.01. The summed E-state index contributed by atoms with van der Waals surface area (Å²) < 4.78 is 36.6. The quantitative estimate of drug-likeness (QED) is 0.835. The third-order valence-corrected chi connectivity index (χ3v) is 5.00. The Bertz CT molecular complexity index is 605. The van der Waals surface area contributed by atoms with Gasteiger partial charge in [-0.25, -0.2) is 12.8 Å². The number of hydrogen-bond donors (Lipinski definition) is 1. The number of carbonyl (C=O) groups is 1. The van der Waals surface area contributed by atoms with Gasteiger partial charge in [0.1, 0.15) is 0 Å². The number of pyridine rings is 1. The lowest BCUT2D eigenvalue weighted by Gasteiger charge is -2.27. The van der Waals surface area contributed by atoms with Crippen molar-refractivity contribution < 1.29 is 22.7 Å². The summed E-state index contributed by atoms with van der Waals surface area (Å²) in [6.45, 7) is -0.338. The minimum absolute atomic E-state index is 0.00566. The van der Waals surface area contributed by atoms with Gasteiger partial charge in [-0.15, -0.1) is 0 Å². The summed E-state index contributed by atoms with van der Waals surface area (Å²) in [5.74, 6) is -1.53. The molecule has 1 N–H and O–H groups in total. The third-order valence-electron chi connectivity index (χ3n) is 3.25. The van der Waals surface area contributed by atoms with Crippen LogP contribution in [-0.4, -0.2) is 60.0 Å². The lowest BCUT2D eigenvalue weighted by atomic mass is 10.1. The maximum absolute atomic E-state index is 13.6. The number of aliphatic hydroxyl groups is 1. The van der Waals surface area contributed by atoms with Crippen molar-refractivity contribution >= 4 is 15.7 Å². The van der Waals surface area contributed by atoms with E-state index in [9.17, 15) is 17.6 Å². The fourth-order valence-electron chi connectivity index (χ4n) is 2.28. The van der Waals surface area contributed by atoms with Crippen LogP contribution in [0.3, 0.4) is 0 Å². The van der Waals surface area contributed by atoms with E-state index in [0.29, 0.717) is 6.42 Å². The number of rotatable bonds is 4. The number of hydrogen-bond acceptors (Lipinski definition) is 5. The highest BCUT2D eigenvalue weighted by Gasteiger charge is 2.35. The Morgan fingerprint density at radius 1 is 1.55 bits per heavy atom. The van der Waals surface area contributed by atoms with Crippen LogP contribution in [0.5, 0.6) is 0 Å². The van der Waals surface area contributed by atoms with Crippen LogP contribution >= 0.6 is 0 Å². The number of aliphatic hydroxyl groups excluding tert-OH is 1. The molecule has 2 rings (SSSR count). The van der Waals surface area contributed by atoms with E-state index in [1.165, 1.54) is 17.2 Å². The van der Waals surface area contributed by atoms with Gasteiger partial charge in [-0.3, -0.25) is 9.78 Å².